The number of nitrogens with two attached hydrogens (primary N) is 1. The molecule has 0 saturated heterocycles. The van der Waals surface area contributed by atoms with Gasteiger partial charge in [0.25, 0.3) is 0 Å². The molecule has 0 amide bonds. The van der Waals surface area contributed by atoms with E-state index in [0.29, 0.717) is 11.4 Å². The van der Waals surface area contributed by atoms with Crippen LogP contribution in [0, 0.1) is 12.7 Å². The summed E-state index contributed by atoms with van der Waals surface area (Å²) in [5, 5.41) is 4.98. The number of benzene rings is 1. The number of aromatic nitrogens is 2. The summed E-state index contributed by atoms with van der Waals surface area (Å²) in [5.74, 6) is 6.14. The third kappa shape index (κ3) is 4.20. The number of hydrogen-bond acceptors (Lipinski definition) is 4. The van der Waals surface area contributed by atoms with Crippen LogP contribution in [0.25, 0.3) is 0 Å². The molecular weight excluding hydrogens is 311 g/mol. The Bertz CT molecular complexity index is 600. The average molecular weight is 329 g/mol. The lowest BCUT2D eigenvalue weighted by Crippen LogP contribution is -2.39. The smallest absolute Gasteiger partial charge is 0.123 e. The summed E-state index contributed by atoms with van der Waals surface area (Å²) in [4.78, 5) is 1.00. The fraction of sp³-hybridized carbons (Fsp3) is 0.357. The molecule has 1 atom stereocenters. The molecular formula is C14H18ClFN4S. The molecule has 0 aliphatic heterocycles. The Hall–Kier alpha value is -1.08. The summed E-state index contributed by atoms with van der Waals surface area (Å²) in [7, 11) is 1.87. The van der Waals surface area contributed by atoms with E-state index in [9.17, 15) is 4.39 Å². The zero-order valence-corrected chi connectivity index (χ0v) is 13.5. The van der Waals surface area contributed by atoms with Crippen molar-refractivity contribution >= 4 is 23.4 Å². The first kappa shape index (κ1) is 16.3. The second-order valence-electron chi connectivity index (χ2n) is 4.80. The molecule has 21 heavy (non-hydrogen) atoms. The van der Waals surface area contributed by atoms with E-state index >= 15 is 0 Å². The van der Waals surface area contributed by atoms with Gasteiger partial charge in [0.2, 0.25) is 0 Å². The third-order valence-electron chi connectivity index (χ3n) is 3.20. The fourth-order valence-corrected chi connectivity index (χ4v) is 3.20. The maximum atomic E-state index is 12.9. The molecule has 0 aliphatic rings. The van der Waals surface area contributed by atoms with Gasteiger partial charge in [-0.05, 0) is 31.2 Å². The van der Waals surface area contributed by atoms with Gasteiger partial charge in [-0.1, -0.05) is 11.6 Å². The number of halogens is 2. The molecule has 0 saturated carbocycles. The second-order valence-corrected chi connectivity index (χ2v) is 6.27. The number of hydrazine groups is 1. The van der Waals surface area contributed by atoms with Crippen molar-refractivity contribution < 1.29 is 4.39 Å². The van der Waals surface area contributed by atoms with Crippen LogP contribution in [0.2, 0.25) is 5.02 Å². The Morgan fingerprint density at radius 3 is 2.62 bits per heavy atom. The van der Waals surface area contributed by atoms with Crippen LogP contribution in [-0.2, 0) is 13.5 Å². The largest absolute Gasteiger partial charge is 0.271 e. The number of aryl methyl sites for hydroxylation is 2. The van der Waals surface area contributed by atoms with Crippen molar-refractivity contribution in [2.45, 2.75) is 24.3 Å². The average Bonchev–Trinajstić information content (AvgIpc) is 2.71. The Balaban J connectivity index is 1.98. The Labute approximate surface area is 132 Å². The molecule has 1 unspecified atom stereocenters. The molecule has 0 radical (unpaired) electrons. The van der Waals surface area contributed by atoms with Gasteiger partial charge in [0, 0.05) is 30.2 Å². The van der Waals surface area contributed by atoms with Gasteiger partial charge in [0.05, 0.1) is 16.4 Å². The number of hydrogen-bond donors (Lipinski definition) is 2. The van der Waals surface area contributed by atoms with Gasteiger partial charge in [0.1, 0.15) is 5.82 Å². The van der Waals surface area contributed by atoms with Crippen molar-refractivity contribution in [3.05, 3.63) is 46.5 Å². The maximum absolute atomic E-state index is 12.9. The summed E-state index contributed by atoms with van der Waals surface area (Å²) in [6.45, 7) is 1.88. The normalized spacial score (nSPS) is 12.6. The number of nitrogens with zero attached hydrogens (tertiary/aromatic N) is 2. The highest BCUT2D eigenvalue weighted by Crippen LogP contribution is 2.23. The van der Waals surface area contributed by atoms with Gasteiger partial charge in [-0.3, -0.25) is 16.0 Å². The fourth-order valence-electron chi connectivity index (χ4n) is 2.03. The Morgan fingerprint density at radius 2 is 2.10 bits per heavy atom. The summed E-state index contributed by atoms with van der Waals surface area (Å²) in [6, 6.07) is 6.47. The van der Waals surface area contributed by atoms with Crippen LogP contribution < -0.4 is 11.3 Å². The molecule has 7 heteroatoms. The van der Waals surface area contributed by atoms with E-state index in [0.717, 1.165) is 22.0 Å². The van der Waals surface area contributed by atoms with Gasteiger partial charge >= 0.3 is 0 Å². The predicted molar refractivity (Wildman–Crippen MR) is 84.9 cm³/mol. The summed E-state index contributed by atoms with van der Waals surface area (Å²) < 4.78 is 14.6. The van der Waals surface area contributed by atoms with Crippen LogP contribution >= 0.6 is 23.4 Å². The minimum Gasteiger partial charge on any atom is -0.271 e. The summed E-state index contributed by atoms with van der Waals surface area (Å²) in [5.41, 5.74) is 4.57. The van der Waals surface area contributed by atoms with Crippen molar-refractivity contribution in [2.24, 2.45) is 12.9 Å². The maximum Gasteiger partial charge on any atom is 0.123 e. The van der Waals surface area contributed by atoms with E-state index in [1.54, 1.807) is 28.6 Å². The zero-order chi connectivity index (χ0) is 15.4. The minimum absolute atomic E-state index is 0.0485. The first-order valence-corrected chi connectivity index (χ1v) is 7.90. The molecule has 4 nitrogen and oxygen atoms in total. The highest BCUT2D eigenvalue weighted by Gasteiger charge is 2.16. The van der Waals surface area contributed by atoms with E-state index in [1.165, 1.54) is 12.1 Å². The molecule has 1 aromatic carbocycles. The predicted octanol–water partition coefficient (Wildman–Crippen LogP) is 2.69. The highest BCUT2D eigenvalue weighted by molar-refractivity contribution is 7.99. The molecule has 0 fully saturated rings. The van der Waals surface area contributed by atoms with Crippen molar-refractivity contribution in [3.8, 4) is 0 Å². The summed E-state index contributed by atoms with van der Waals surface area (Å²) in [6.07, 6.45) is 0.681. The molecule has 1 heterocycles. The van der Waals surface area contributed by atoms with E-state index in [2.05, 4.69) is 10.5 Å². The highest BCUT2D eigenvalue weighted by atomic mass is 35.5. The van der Waals surface area contributed by atoms with Gasteiger partial charge in [0.15, 0.2) is 0 Å². The van der Waals surface area contributed by atoms with Crippen molar-refractivity contribution in [3.63, 3.8) is 0 Å². The lowest BCUT2D eigenvalue weighted by Gasteiger charge is -2.16. The first-order chi connectivity index (χ1) is 10.0. The van der Waals surface area contributed by atoms with Gasteiger partial charge < -0.3 is 0 Å². The Kier molecular flexibility index (Phi) is 5.64. The molecule has 114 valence electrons. The molecule has 1 aromatic heterocycles. The Morgan fingerprint density at radius 1 is 1.43 bits per heavy atom. The van der Waals surface area contributed by atoms with E-state index in [-0.39, 0.29) is 11.9 Å². The van der Waals surface area contributed by atoms with Crippen LogP contribution in [0.1, 0.15) is 11.4 Å². The molecule has 2 rings (SSSR count). The van der Waals surface area contributed by atoms with E-state index in [4.69, 9.17) is 17.4 Å². The molecule has 2 aromatic rings. The monoisotopic (exact) mass is 328 g/mol. The summed E-state index contributed by atoms with van der Waals surface area (Å²) >= 11 is 7.87. The minimum atomic E-state index is -0.231. The van der Waals surface area contributed by atoms with Gasteiger partial charge in [-0.25, -0.2) is 4.39 Å². The van der Waals surface area contributed by atoms with Crippen LogP contribution in [0.3, 0.4) is 0 Å². The number of nitrogens with one attached hydrogen (secondary N) is 1. The van der Waals surface area contributed by atoms with Crippen LogP contribution in [-0.4, -0.2) is 21.6 Å². The third-order valence-corrected chi connectivity index (χ3v) is 4.87. The quantitative estimate of drug-likeness (QED) is 0.486. The van der Waals surface area contributed by atoms with Crippen LogP contribution in [0.4, 0.5) is 4.39 Å². The lowest BCUT2D eigenvalue weighted by atomic mass is 10.2. The van der Waals surface area contributed by atoms with Crippen LogP contribution in [0.5, 0.6) is 0 Å². The molecule has 0 spiro atoms. The van der Waals surface area contributed by atoms with E-state index in [1.807, 2.05) is 14.0 Å². The standard InChI is InChI=1S/C14H18ClFN4S/c1-9-14(15)13(20(2)19-9)7-11(18-17)8-21-12-5-3-10(16)4-6-12/h3-6,11,18H,7-8,17H2,1-2H3. The molecule has 0 bridgehead atoms. The number of thioether (sulfide) groups is 1. The van der Waals surface area contributed by atoms with Crippen molar-refractivity contribution in [2.75, 3.05) is 5.75 Å². The second kappa shape index (κ2) is 7.26. The van der Waals surface area contributed by atoms with Crippen molar-refractivity contribution in [1.29, 1.82) is 0 Å². The van der Waals surface area contributed by atoms with Crippen LogP contribution in [0.15, 0.2) is 29.2 Å². The SMILES string of the molecule is Cc1nn(C)c(CC(CSc2ccc(F)cc2)NN)c1Cl. The number of rotatable bonds is 6. The zero-order valence-electron chi connectivity index (χ0n) is 11.9. The lowest BCUT2D eigenvalue weighted by molar-refractivity contribution is 0.551. The molecule has 0 aliphatic carbocycles. The first-order valence-electron chi connectivity index (χ1n) is 6.53. The topological polar surface area (TPSA) is 55.9 Å². The van der Waals surface area contributed by atoms with Gasteiger partial charge in [-0.15, -0.1) is 11.8 Å². The molecule has 3 N–H and O–H groups in total. The van der Waals surface area contributed by atoms with Gasteiger partial charge in [-0.2, -0.15) is 5.10 Å². The van der Waals surface area contributed by atoms with Crippen molar-refractivity contribution in [1.82, 2.24) is 15.2 Å². The van der Waals surface area contributed by atoms with E-state index < -0.39 is 0 Å².